The van der Waals surface area contributed by atoms with Crippen LogP contribution >= 0.6 is 0 Å². The zero-order chi connectivity index (χ0) is 16.5. The smallest absolute Gasteiger partial charge is 0.329 e. The molecule has 2 rings (SSSR count). The maximum Gasteiger partial charge on any atom is 0.471 e. The highest BCUT2D eigenvalue weighted by Gasteiger charge is 2.38. The molecule has 0 fully saturated rings. The van der Waals surface area contributed by atoms with Gasteiger partial charge in [-0.05, 0) is 6.07 Å². The van der Waals surface area contributed by atoms with Crippen molar-refractivity contribution in [1.29, 1.82) is 0 Å². The van der Waals surface area contributed by atoms with Crippen LogP contribution < -0.4 is 4.72 Å². The fourth-order valence-electron chi connectivity index (χ4n) is 1.49. The van der Waals surface area contributed by atoms with Crippen LogP contribution in [0.25, 0.3) is 11.4 Å². The number of hydrogen-bond donors (Lipinski definition) is 1. The number of sulfonamides is 1. The first-order chi connectivity index (χ1) is 10.1. The molecule has 1 N–H and O–H groups in total. The number of rotatable bonds is 4. The Morgan fingerprint density at radius 2 is 2.00 bits per heavy atom. The summed E-state index contributed by atoms with van der Waals surface area (Å²) < 4.78 is 78.8. The number of hydrogen-bond acceptors (Lipinski definition) is 5. The fourth-order valence-corrected chi connectivity index (χ4v) is 1.91. The lowest BCUT2D eigenvalue weighted by Gasteiger charge is -2.05. The summed E-state index contributed by atoms with van der Waals surface area (Å²) in [5, 5.41) is 3.12. The zero-order valence-corrected chi connectivity index (χ0v) is 11.8. The van der Waals surface area contributed by atoms with Crippen LogP contribution in [0.15, 0.2) is 22.7 Å². The van der Waals surface area contributed by atoms with Crippen LogP contribution in [0.4, 0.5) is 17.6 Å². The lowest BCUT2D eigenvalue weighted by atomic mass is 10.1. The van der Waals surface area contributed by atoms with Crippen LogP contribution in [-0.2, 0) is 22.7 Å². The van der Waals surface area contributed by atoms with E-state index in [9.17, 15) is 26.0 Å². The van der Waals surface area contributed by atoms with E-state index in [1.54, 1.807) is 0 Å². The van der Waals surface area contributed by atoms with Gasteiger partial charge < -0.3 is 4.52 Å². The summed E-state index contributed by atoms with van der Waals surface area (Å²) in [7, 11) is -3.50. The molecule has 1 aromatic heterocycles. The van der Waals surface area contributed by atoms with E-state index in [0.717, 1.165) is 12.3 Å². The Kier molecular flexibility index (Phi) is 4.20. The van der Waals surface area contributed by atoms with Crippen molar-refractivity contribution in [2.45, 2.75) is 12.7 Å². The van der Waals surface area contributed by atoms with Gasteiger partial charge in [-0.1, -0.05) is 17.3 Å². The molecule has 0 aliphatic heterocycles. The third-order valence-electron chi connectivity index (χ3n) is 2.50. The first-order valence-corrected chi connectivity index (χ1v) is 7.60. The van der Waals surface area contributed by atoms with E-state index in [-0.39, 0.29) is 17.7 Å². The maximum absolute atomic E-state index is 13.8. The Morgan fingerprint density at radius 1 is 1.32 bits per heavy atom. The minimum Gasteiger partial charge on any atom is -0.329 e. The quantitative estimate of drug-likeness (QED) is 0.861. The van der Waals surface area contributed by atoms with Gasteiger partial charge in [0.2, 0.25) is 15.8 Å². The highest BCUT2D eigenvalue weighted by atomic mass is 32.2. The molecule has 0 radical (unpaired) electrons. The summed E-state index contributed by atoms with van der Waals surface area (Å²) in [6, 6.07) is 3.37. The van der Waals surface area contributed by atoms with Crippen molar-refractivity contribution in [3.05, 3.63) is 35.5 Å². The van der Waals surface area contributed by atoms with Gasteiger partial charge in [-0.15, -0.1) is 0 Å². The maximum atomic E-state index is 13.8. The third-order valence-corrected chi connectivity index (χ3v) is 3.17. The fraction of sp³-hybridized carbons (Fsp3) is 0.273. The molecule has 0 saturated heterocycles. The van der Waals surface area contributed by atoms with Gasteiger partial charge in [-0.25, -0.2) is 17.5 Å². The molecule has 22 heavy (non-hydrogen) atoms. The predicted molar refractivity (Wildman–Crippen MR) is 66.4 cm³/mol. The van der Waals surface area contributed by atoms with Gasteiger partial charge in [0.1, 0.15) is 5.82 Å². The van der Waals surface area contributed by atoms with E-state index in [1.807, 2.05) is 0 Å². The molecule has 0 unspecified atom stereocenters. The topological polar surface area (TPSA) is 85.1 Å². The average Bonchev–Trinajstić information content (AvgIpc) is 2.85. The minimum atomic E-state index is -4.79. The molecule has 0 aliphatic carbocycles. The van der Waals surface area contributed by atoms with Gasteiger partial charge in [0, 0.05) is 17.7 Å². The number of aromatic nitrogens is 2. The Hall–Kier alpha value is -2.01. The molecule has 2 aromatic rings. The zero-order valence-electron chi connectivity index (χ0n) is 11.0. The summed E-state index contributed by atoms with van der Waals surface area (Å²) in [6.45, 7) is -0.287. The predicted octanol–water partition coefficient (Wildman–Crippen LogP) is 1.94. The monoisotopic (exact) mass is 339 g/mol. The SMILES string of the molecule is CS(=O)(=O)NCc1ccc(-c2noc(C(F)(F)F)n2)cc1F. The van der Waals surface area contributed by atoms with E-state index < -0.39 is 33.7 Å². The van der Waals surface area contributed by atoms with Crippen molar-refractivity contribution in [3.8, 4) is 11.4 Å². The summed E-state index contributed by atoms with van der Waals surface area (Å²) in [5.74, 6) is -2.77. The lowest BCUT2D eigenvalue weighted by molar-refractivity contribution is -0.159. The number of nitrogens with one attached hydrogen (secondary N) is 1. The van der Waals surface area contributed by atoms with Crippen molar-refractivity contribution >= 4 is 10.0 Å². The Balaban J connectivity index is 2.24. The van der Waals surface area contributed by atoms with Gasteiger partial charge in [-0.3, -0.25) is 0 Å². The van der Waals surface area contributed by atoms with Crippen molar-refractivity contribution in [1.82, 2.24) is 14.9 Å². The molecule has 6 nitrogen and oxygen atoms in total. The van der Waals surface area contributed by atoms with E-state index >= 15 is 0 Å². The number of benzene rings is 1. The van der Waals surface area contributed by atoms with Crippen LogP contribution in [0, 0.1) is 5.82 Å². The highest BCUT2D eigenvalue weighted by Crippen LogP contribution is 2.29. The Bertz CT molecular complexity index is 786. The number of alkyl halides is 3. The average molecular weight is 339 g/mol. The van der Waals surface area contributed by atoms with Crippen LogP contribution in [-0.4, -0.2) is 24.8 Å². The second-order valence-corrected chi connectivity index (χ2v) is 6.15. The standard InChI is InChI=1S/C11H9F4N3O3S/c1-22(19,20)16-5-7-3-2-6(4-8(7)12)9-17-10(21-18-9)11(13,14)15/h2-4,16H,5H2,1H3. The van der Waals surface area contributed by atoms with Crippen molar-refractivity contribution in [2.24, 2.45) is 0 Å². The van der Waals surface area contributed by atoms with Crippen molar-refractivity contribution < 1.29 is 30.5 Å². The largest absolute Gasteiger partial charge is 0.471 e. The van der Waals surface area contributed by atoms with E-state index in [1.165, 1.54) is 12.1 Å². The van der Waals surface area contributed by atoms with Gasteiger partial charge in [0.05, 0.1) is 6.26 Å². The molecule has 0 saturated carbocycles. The summed E-state index contributed by atoms with van der Waals surface area (Å²) in [6.07, 6.45) is -3.87. The number of halogens is 4. The normalized spacial score (nSPS) is 12.6. The molecule has 0 amide bonds. The summed E-state index contributed by atoms with van der Waals surface area (Å²) >= 11 is 0. The Labute approximate surface area is 122 Å². The molecule has 0 aliphatic rings. The van der Waals surface area contributed by atoms with Crippen LogP contribution in [0.2, 0.25) is 0 Å². The Morgan fingerprint density at radius 3 is 2.50 bits per heavy atom. The first-order valence-electron chi connectivity index (χ1n) is 5.70. The van der Waals surface area contributed by atoms with E-state index in [0.29, 0.717) is 0 Å². The van der Waals surface area contributed by atoms with Crippen LogP contribution in [0.3, 0.4) is 0 Å². The number of nitrogens with zero attached hydrogens (tertiary/aromatic N) is 2. The molecule has 0 atom stereocenters. The van der Waals surface area contributed by atoms with Crippen LogP contribution in [0.1, 0.15) is 11.5 Å². The first kappa shape index (κ1) is 16.4. The van der Waals surface area contributed by atoms with Gasteiger partial charge >= 0.3 is 12.1 Å². The molecule has 1 heterocycles. The van der Waals surface area contributed by atoms with Gasteiger partial charge in [0.15, 0.2) is 0 Å². The van der Waals surface area contributed by atoms with Crippen molar-refractivity contribution in [2.75, 3.05) is 6.26 Å². The molecule has 0 spiro atoms. The van der Waals surface area contributed by atoms with Crippen molar-refractivity contribution in [3.63, 3.8) is 0 Å². The molecular weight excluding hydrogens is 330 g/mol. The molecule has 120 valence electrons. The van der Waals surface area contributed by atoms with Crippen LogP contribution in [0.5, 0.6) is 0 Å². The van der Waals surface area contributed by atoms with Gasteiger partial charge in [0.25, 0.3) is 0 Å². The molecule has 1 aromatic carbocycles. The molecular formula is C11H9F4N3O3S. The molecule has 0 bridgehead atoms. The molecule has 11 heteroatoms. The van der Waals surface area contributed by atoms with E-state index in [4.69, 9.17) is 0 Å². The second kappa shape index (κ2) is 5.65. The third kappa shape index (κ3) is 4.01. The van der Waals surface area contributed by atoms with E-state index in [2.05, 4.69) is 19.4 Å². The summed E-state index contributed by atoms with van der Waals surface area (Å²) in [4.78, 5) is 3.13. The summed E-state index contributed by atoms with van der Waals surface area (Å²) in [5.41, 5.74) is -0.00595. The minimum absolute atomic E-state index is 0.0220. The lowest BCUT2D eigenvalue weighted by Crippen LogP contribution is -2.21. The highest BCUT2D eigenvalue weighted by molar-refractivity contribution is 7.88. The second-order valence-electron chi connectivity index (χ2n) is 4.32. The van der Waals surface area contributed by atoms with Gasteiger partial charge in [-0.2, -0.15) is 18.2 Å².